The van der Waals surface area contributed by atoms with Crippen LogP contribution < -0.4 is 10.5 Å². The topological polar surface area (TPSA) is 81.0 Å². The average molecular weight is 267 g/mol. The number of hydrogen-bond acceptors (Lipinski definition) is 3. The molecule has 0 spiro atoms. The molecule has 20 heavy (non-hydrogen) atoms. The molecular weight excluding hydrogens is 254 g/mol. The molecule has 0 atom stereocenters. The lowest BCUT2D eigenvalue weighted by molar-refractivity contribution is 0.0991. The number of hydrogen-bond donors (Lipinski definition) is 2. The third-order valence-corrected chi connectivity index (χ3v) is 2.94. The Hall–Kier alpha value is -2.82. The van der Waals surface area contributed by atoms with Crippen LogP contribution in [-0.4, -0.2) is 15.9 Å². The summed E-state index contributed by atoms with van der Waals surface area (Å²) in [4.78, 5) is 18.0. The van der Waals surface area contributed by atoms with Crippen molar-refractivity contribution in [2.75, 3.05) is 0 Å². The van der Waals surface area contributed by atoms with E-state index in [4.69, 9.17) is 10.5 Å². The monoisotopic (exact) mass is 267 g/mol. The normalized spacial score (nSPS) is 10.6. The fourth-order valence-corrected chi connectivity index (χ4v) is 1.93. The summed E-state index contributed by atoms with van der Waals surface area (Å²) in [5.74, 6) is 0.275. The van der Waals surface area contributed by atoms with Crippen molar-refractivity contribution in [2.24, 2.45) is 5.73 Å². The van der Waals surface area contributed by atoms with Crippen molar-refractivity contribution in [3.8, 4) is 5.75 Å². The lowest BCUT2D eigenvalue weighted by Gasteiger charge is -2.05. The summed E-state index contributed by atoms with van der Waals surface area (Å²) in [5, 5.41) is 0. The van der Waals surface area contributed by atoms with Gasteiger partial charge in [0.15, 0.2) is 5.82 Å². The highest BCUT2D eigenvalue weighted by Crippen LogP contribution is 2.20. The van der Waals surface area contributed by atoms with Crippen molar-refractivity contribution in [1.29, 1.82) is 0 Å². The van der Waals surface area contributed by atoms with Crippen LogP contribution in [0.4, 0.5) is 0 Å². The number of carbonyl (C=O) groups excluding carboxylic acids is 1. The zero-order valence-corrected chi connectivity index (χ0v) is 10.7. The van der Waals surface area contributed by atoms with Crippen LogP contribution in [0, 0.1) is 0 Å². The zero-order chi connectivity index (χ0) is 13.9. The molecule has 0 fully saturated rings. The van der Waals surface area contributed by atoms with E-state index in [-0.39, 0.29) is 5.82 Å². The van der Waals surface area contributed by atoms with Crippen LogP contribution in [0.1, 0.15) is 16.2 Å². The summed E-state index contributed by atoms with van der Waals surface area (Å²) in [6, 6.07) is 15.3. The molecule has 3 N–H and O–H groups in total. The Balaban J connectivity index is 1.80. The summed E-state index contributed by atoms with van der Waals surface area (Å²) < 4.78 is 5.70. The molecule has 2 aromatic carbocycles. The Labute approximate surface area is 115 Å². The Bertz CT molecular complexity index is 750. The number of rotatable bonds is 4. The van der Waals surface area contributed by atoms with Crippen LogP contribution in [-0.2, 0) is 6.61 Å². The van der Waals surface area contributed by atoms with E-state index in [0.717, 1.165) is 11.1 Å². The molecule has 0 aliphatic carbocycles. The first-order chi connectivity index (χ1) is 9.72. The van der Waals surface area contributed by atoms with Gasteiger partial charge in [-0.2, -0.15) is 0 Å². The van der Waals surface area contributed by atoms with E-state index in [2.05, 4.69) is 9.97 Å². The molecule has 100 valence electrons. The number of primary amides is 1. The predicted octanol–water partition coefficient (Wildman–Crippen LogP) is 2.24. The van der Waals surface area contributed by atoms with Gasteiger partial charge in [-0.15, -0.1) is 0 Å². The van der Waals surface area contributed by atoms with E-state index in [9.17, 15) is 4.79 Å². The molecule has 1 heterocycles. The molecule has 0 bridgehead atoms. The Morgan fingerprint density at radius 1 is 1.20 bits per heavy atom. The van der Waals surface area contributed by atoms with Gasteiger partial charge in [0.1, 0.15) is 12.4 Å². The van der Waals surface area contributed by atoms with E-state index in [1.54, 1.807) is 6.07 Å². The predicted molar refractivity (Wildman–Crippen MR) is 75.4 cm³/mol. The number of benzene rings is 2. The second-order valence-electron chi connectivity index (χ2n) is 4.40. The van der Waals surface area contributed by atoms with Crippen molar-refractivity contribution in [3.63, 3.8) is 0 Å². The highest BCUT2D eigenvalue weighted by Gasteiger charge is 2.08. The van der Waals surface area contributed by atoms with E-state index >= 15 is 0 Å². The van der Waals surface area contributed by atoms with Gasteiger partial charge in [0.25, 0.3) is 5.91 Å². The van der Waals surface area contributed by atoms with Gasteiger partial charge in [-0.3, -0.25) is 4.79 Å². The smallest absolute Gasteiger partial charge is 0.284 e. The zero-order valence-electron chi connectivity index (χ0n) is 10.7. The molecule has 0 unspecified atom stereocenters. The van der Waals surface area contributed by atoms with E-state index in [0.29, 0.717) is 17.9 Å². The number of amides is 1. The van der Waals surface area contributed by atoms with Crippen molar-refractivity contribution in [2.45, 2.75) is 6.61 Å². The summed E-state index contributed by atoms with van der Waals surface area (Å²) in [6.45, 7) is 0.486. The largest absolute Gasteiger partial charge is 0.489 e. The maximum Gasteiger partial charge on any atom is 0.284 e. The van der Waals surface area contributed by atoms with Crippen molar-refractivity contribution >= 4 is 16.9 Å². The molecule has 0 saturated carbocycles. The highest BCUT2D eigenvalue weighted by atomic mass is 16.5. The molecule has 0 saturated heterocycles. The first-order valence-corrected chi connectivity index (χ1v) is 6.19. The Morgan fingerprint density at radius 3 is 2.75 bits per heavy atom. The lowest BCUT2D eigenvalue weighted by atomic mass is 10.2. The molecule has 0 radical (unpaired) electrons. The van der Waals surface area contributed by atoms with Crippen LogP contribution in [0.3, 0.4) is 0 Å². The number of fused-ring (bicyclic) bond motifs is 1. The Morgan fingerprint density at radius 2 is 2.00 bits per heavy atom. The summed E-state index contributed by atoms with van der Waals surface area (Å²) in [6.07, 6.45) is 0. The molecule has 5 heteroatoms. The van der Waals surface area contributed by atoms with E-state index < -0.39 is 5.91 Å². The van der Waals surface area contributed by atoms with Gasteiger partial charge >= 0.3 is 0 Å². The number of nitrogens with zero attached hydrogens (tertiary/aromatic N) is 1. The number of ether oxygens (including phenoxy) is 1. The number of nitrogens with two attached hydrogens (primary N) is 1. The molecule has 3 aromatic rings. The van der Waals surface area contributed by atoms with Gasteiger partial charge in [0, 0.05) is 6.07 Å². The van der Waals surface area contributed by atoms with Gasteiger partial charge in [-0.1, -0.05) is 30.3 Å². The number of carbonyl (C=O) groups is 1. The minimum Gasteiger partial charge on any atom is -0.489 e. The quantitative estimate of drug-likeness (QED) is 0.760. The second-order valence-corrected chi connectivity index (χ2v) is 4.40. The number of imidazole rings is 1. The first-order valence-electron chi connectivity index (χ1n) is 6.19. The minimum absolute atomic E-state index is 0.153. The molecule has 0 aliphatic rings. The van der Waals surface area contributed by atoms with Crippen molar-refractivity contribution in [1.82, 2.24) is 9.97 Å². The molecule has 0 aliphatic heterocycles. The summed E-state index contributed by atoms with van der Waals surface area (Å²) >= 11 is 0. The molecule has 5 nitrogen and oxygen atoms in total. The molecular formula is C15H13N3O2. The molecule has 1 amide bonds. The summed E-state index contributed by atoms with van der Waals surface area (Å²) in [5.41, 5.74) is 7.69. The van der Waals surface area contributed by atoms with Gasteiger partial charge in [0.05, 0.1) is 11.0 Å². The van der Waals surface area contributed by atoms with Gasteiger partial charge in [-0.05, 0) is 17.7 Å². The van der Waals surface area contributed by atoms with E-state index in [1.807, 2.05) is 42.5 Å². The maximum atomic E-state index is 11.1. The Kier molecular flexibility index (Phi) is 3.09. The lowest BCUT2D eigenvalue weighted by Crippen LogP contribution is -2.12. The number of H-pyrrole nitrogens is 1. The number of aromatic amines is 1. The minimum atomic E-state index is -0.576. The van der Waals surface area contributed by atoms with Crippen LogP contribution in [0.2, 0.25) is 0 Å². The average Bonchev–Trinajstić information content (AvgIpc) is 2.89. The van der Waals surface area contributed by atoms with Crippen molar-refractivity contribution < 1.29 is 9.53 Å². The number of aromatic nitrogens is 2. The maximum absolute atomic E-state index is 11.1. The fraction of sp³-hybridized carbons (Fsp3) is 0.0667. The molecule has 1 aromatic heterocycles. The fourth-order valence-electron chi connectivity index (χ4n) is 1.93. The SMILES string of the molecule is NC(=O)c1nc2cc(OCc3ccccc3)ccc2[nH]1. The van der Waals surface area contributed by atoms with E-state index in [1.165, 1.54) is 0 Å². The first kappa shape index (κ1) is 12.2. The third-order valence-electron chi connectivity index (χ3n) is 2.94. The standard InChI is InChI=1S/C15H13N3O2/c16-14(19)15-17-12-7-6-11(8-13(12)18-15)20-9-10-4-2-1-3-5-10/h1-8H,9H2,(H2,16,19)(H,17,18). The van der Waals surface area contributed by atoms with Crippen LogP contribution in [0.25, 0.3) is 11.0 Å². The highest BCUT2D eigenvalue weighted by molar-refractivity contribution is 5.93. The van der Waals surface area contributed by atoms with Gasteiger partial charge < -0.3 is 15.5 Å². The van der Waals surface area contributed by atoms with Gasteiger partial charge in [0.2, 0.25) is 0 Å². The second kappa shape index (κ2) is 5.05. The van der Waals surface area contributed by atoms with Crippen LogP contribution >= 0.6 is 0 Å². The van der Waals surface area contributed by atoms with Gasteiger partial charge in [-0.25, -0.2) is 4.98 Å². The van der Waals surface area contributed by atoms with Crippen LogP contribution in [0.5, 0.6) is 5.75 Å². The van der Waals surface area contributed by atoms with Crippen LogP contribution in [0.15, 0.2) is 48.5 Å². The summed E-state index contributed by atoms with van der Waals surface area (Å²) in [7, 11) is 0. The van der Waals surface area contributed by atoms with Crippen molar-refractivity contribution in [3.05, 3.63) is 59.9 Å². The molecule has 3 rings (SSSR count). The third kappa shape index (κ3) is 2.47. The number of nitrogens with one attached hydrogen (secondary N) is 1.